The molecule has 2 aromatic rings. The third kappa shape index (κ3) is 3.98. The molecule has 0 aliphatic carbocycles. The zero-order chi connectivity index (χ0) is 20.5. The second-order valence-corrected chi connectivity index (χ2v) is 7.74. The Morgan fingerprint density at radius 1 is 1.32 bits per heavy atom. The minimum absolute atomic E-state index is 0.0515. The van der Waals surface area contributed by atoms with Crippen molar-refractivity contribution < 1.29 is 23.7 Å². The summed E-state index contributed by atoms with van der Waals surface area (Å²) in [4.78, 5) is 15.8. The average molecular weight is 386 g/mol. The summed E-state index contributed by atoms with van der Waals surface area (Å²) in [7, 11) is 1.59. The van der Waals surface area contributed by atoms with Gasteiger partial charge in [0.15, 0.2) is 0 Å². The van der Waals surface area contributed by atoms with Crippen LogP contribution in [0.15, 0.2) is 30.5 Å². The molecular formula is C21H26N2O5. The standard InChI is InChI=1S/C21H26N2O5/c1-12(2)27-18-7-6-13(10-23-18)14-8-17-15(9-16(14)25-5)19(28-20(22)24)21(3,4)11-26-17/h6-10,12,19H,11H2,1-5H3,(H2,22,24). The number of benzene rings is 1. The molecule has 1 aliphatic heterocycles. The number of primary amides is 1. The van der Waals surface area contributed by atoms with Crippen LogP contribution in [0.3, 0.4) is 0 Å². The molecule has 1 aliphatic rings. The minimum Gasteiger partial charge on any atom is -0.496 e. The van der Waals surface area contributed by atoms with E-state index in [0.29, 0.717) is 24.0 Å². The lowest BCUT2D eigenvalue weighted by atomic mass is 9.80. The predicted octanol–water partition coefficient (Wildman–Crippen LogP) is 4.10. The highest BCUT2D eigenvalue weighted by molar-refractivity contribution is 5.73. The van der Waals surface area contributed by atoms with Crippen LogP contribution in [-0.2, 0) is 4.74 Å². The second-order valence-electron chi connectivity index (χ2n) is 7.74. The monoisotopic (exact) mass is 386 g/mol. The Morgan fingerprint density at radius 3 is 2.64 bits per heavy atom. The van der Waals surface area contributed by atoms with Gasteiger partial charge in [-0.15, -0.1) is 0 Å². The Morgan fingerprint density at radius 2 is 2.07 bits per heavy atom. The molecule has 28 heavy (non-hydrogen) atoms. The Balaban J connectivity index is 2.02. The van der Waals surface area contributed by atoms with Crippen molar-refractivity contribution in [3.8, 4) is 28.5 Å². The molecule has 7 heteroatoms. The van der Waals surface area contributed by atoms with Gasteiger partial charge in [-0.2, -0.15) is 0 Å². The maximum absolute atomic E-state index is 11.4. The van der Waals surface area contributed by atoms with Crippen molar-refractivity contribution in [1.29, 1.82) is 0 Å². The van der Waals surface area contributed by atoms with Gasteiger partial charge in [-0.25, -0.2) is 9.78 Å². The second kappa shape index (κ2) is 7.58. The number of ether oxygens (including phenoxy) is 4. The lowest BCUT2D eigenvalue weighted by Crippen LogP contribution is -2.37. The van der Waals surface area contributed by atoms with Crippen molar-refractivity contribution in [2.75, 3.05) is 13.7 Å². The third-order valence-corrected chi connectivity index (χ3v) is 4.56. The quantitative estimate of drug-likeness (QED) is 0.832. The first-order valence-electron chi connectivity index (χ1n) is 9.15. The van der Waals surface area contributed by atoms with Gasteiger partial charge in [0.2, 0.25) is 5.88 Å². The summed E-state index contributed by atoms with van der Waals surface area (Å²) in [6.45, 7) is 8.21. The largest absolute Gasteiger partial charge is 0.496 e. The van der Waals surface area contributed by atoms with E-state index in [1.807, 2.05) is 52.0 Å². The summed E-state index contributed by atoms with van der Waals surface area (Å²) < 4.78 is 22.6. The maximum Gasteiger partial charge on any atom is 0.405 e. The van der Waals surface area contributed by atoms with Crippen molar-refractivity contribution in [3.05, 3.63) is 36.0 Å². The van der Waals surface area contributed by atoms with Crippen molar-refractivity contribution >= 4 is 6.09 Å². The van der Waals surface area contributed by atoms with Crippen LogP contribution in [0.2, 0.25) is 0 Å². The highest BCUT2D eigenvalue weighted by atomic mass is 16.6. The molecule has 3 rings (SSSR count). The number of aromatic nitrogens is 1. The summed E-state index contributed by atoms with van der Waals surface area (Å²) in [5.74, 6) is 1.81. The van der Waals surface area contributed by atoms with E-state index in [1.165, 1.54) is 0 Å². The van der Waals surface area contributed by atoms with Crippen molar-refractivity contribution in [3.63, 3.8) is 0 Å². The van der Waals surface area contributed by atoms with E-state index < -0.39 is 17.6 Å². The lowest BCUT2D eigenvalue weighted by molar-refractivity contribution is -0.0177. The van der Waals surface area contributed by atoms with Crippen LogP contribution in [0.5, 0.6) is 17.4 Å². The Labute approximate surface area is 164 Å². The van der Waals surface area contributed by atoms with Crippen molar-refractivity contribution in [2.24, 2.45) is 11.1 Å². The first-order valence-corrected chi connectivity index (χ1v) is 9.15. The molecule has 2 heterocycles. The average Bonchev–Trinajstić information content (AvgIpc) is 2.63. The van der Waals surface area contributed by atoms with E-state index in [9.17, 15) is 4.79 Å². The summed E-state index contributed by atoms with van der Waals surface area (Å²) >= 11 is 0. The smallest absolute Gasteiger partial charge is 0.405 e. The molecule has 0 saturated carbocycles. The van der Waals surface area contributed by atoms with Gasteiger partial charge in [-0.3, -0.25) is 0 Å². The number of pyridine rings is 1. The topological polar surface area (TPSA) is 92.9 Å². The Kier molecular flexibility index (Phi) is 5.36. The van der Waals surface area contributed by atoms with Gasteiger partial charge in [0, 0.05) is 34.4 Å². The van der Waals surface area contributed by atoms with Crippen LogP contribution < -0.4 is 19.9 Å². The highest BCUT2D eigenvalue weighted by Crippen LogP contribution is 2.48. The fourth-order valence-corrected chi connectivity index (χ4v) is 3.25. The number of hydrogen-bond donors (Lipinski definition) is 1. The van der Waals surface area contributed by atoms with Crippen LogP contribution in [0.25, 0.3) is 11.1 Å². The van der Waals surface area contributed by atoms with E-state index in [2.05, 4.69) is 4.98 Å². The molecule has 1 amide bonds. The van der Waals surface area contributed by atoms with Gasteiger partial charge in [0.1, 0.15) is 17.6 Å². The van der Waals surface area contributed by atoms with Crippen LogP contribution in [0.4, 0.5) is 4.79 Å². The molecule has 1 unspecified atom stereocenters. The summed E-state index contributed by atoms with van der Waals surface area (Å²) in [6, 6.07) is 7.44. The number of amides is 1. The number of carbonyl (C=O) groups is 1. The van der Waals surface area contributed by atoms with Crippen LogP contribution in [0.1, 0.15) is 39.4 Å². The minimum atomic E-state index is -0.820. The molecule has 1 aromatic heterocycles. The zero-order valence-electron chi connectivity index (χ0n) is 16.8. The molecule has 0 saturated heterocycles. The molecule has 0 radical (unpaired) electrons. The summed E-state index contributed by atoms with van der Waals surface area (Å²) in [5, 5.41) is 0. The summed E-state index contributed by atoms with van der Waals surface area (Å²) in [5.41, 5.74) is 7.27. The van der Waals surface area contributed by atoms with Gasteiger partial charge < -0.3 is 24.7 Å². The number of carbonyl (C=O) groups excluding carboxylic acids is 1. The van der Waals surface area contributed by atoms with Crippen molar-refractivity contribution in [1.82, 2.24) is 4.98 Å². The molecular weight excluding hydrogens is 360 g/mol. The van der Waals surface area contributed by atoms with Gasteiger partial charge in [-0.05, 0) is 32.0 Å². The zero-order valence-corrected chi connectivity index (χ0v) is 16.8. The Hall–Kier alpha value is -2.96. The molecule has 1 aromatic carbocycles. The van der Waals surface area contributed by atoms with Crippen molar-refractivity contribution in [2.45, 2.75) is 39.9 Å². The van der Waals surface area contributed by atoms with Gasteiger partial charge in [-0.1, -0.05) is 13.8 Å². The van der Waals surface area contributed by atoms with Gasteiger partial charge in [0.05, 0.1) is 19.8 Å². The Bertz CT molecular complexity index is 862. The number of hydrogen-bond acceptors (Lipinski definition) is 6. The van der Waals surface area contributed by atoms with Crippen LogP contribution >= 0.6 is 0 Å². The normalized spacial score (nSPS) is 17.4. The van der Waals surface area contributed by atoms with Gasteiger partial charge in [0.25, 0.3) is 0 Å². The first-order chi connectivity index (χ1) is 13.2. The van der Waals surface area contributed by atoms with E-state index in [4.69, 9.17) is 24.7 Å². The molecule has 0 bridgehead atoms. The predicted molar refractivity (Wildman–Crippen MR) is 105 cm³/mol. The number of rotatable bonds is 5. The highest BCUT2D eigenvalue weighted by Gasteiger charge is 2.41. The SMILES string of the molecule is COc1cc2c(cc1-c1ccc(OC(C)C)nc1)OCC(C)(C)C2OC(N)=O. The molecule has 1 atom stereocenters. The molecule has 0 fully saturated rings. The maximum atomic E-state index is 11.4. The van der Waals surface area contributed by atoms with Crippen LogP contribution in [-0.4, -0.2) is 30.9 Å². The fourth-order valence-electron chi connectivity index (χ4n) is 3.25. The lowest BCUT2D eigenvalue weighted by Gasteiger charge is -2.38. The number of nitrogens with two attached hydrogens (primary N) is 1. The van der Waals surface area contributed by atoms with E-state index in [0.717, 1.165) is 16.7 Å². The molecule has 2 N–H and O–H groups in total. The number of nitrogens with zero attached hydrogens (tertiary/aromatic N) is 1. The molecule has 150 valence electrons. The molecule has 0 spiro atoms. The van der Waals surface area contributed by atoms with E-state index in [-0.39, 0.29) is 6.10 Å². The van der Waals surface area contributed by atoms with E-state index in [1.54, 1.807) is 13.3 Å². The van der Waals surface area contributed by atoms with E-state index >= 15 is 0 Å². The first kappa shape index (κ1) is 19.8. The summed E-state index contributed by atoms with van der Waals surface area (Å²) in [6.07, 6.45) is 0.428. The van der Waals surface area contributed by atoms with Crippen LogP contribution in [0, 0.1) is 5.41 Å². The fraction of sp³-hybridized carbons (Fsp3) is 0.429. The number of methoxy groups -OCH3 is 1. The van der Waals surface area contributed by atoms with Gasteiger partial charge >= 0.3 is 6.09 Å². The molecule has 7 nitrogen and oxygen atoms in total. The number of fused-ring (bicyclic) bond motifs is 1. The third-order valence-electron chi connectivity index (χ3n) is 4.56.